The van der Waals surface area contributed by atoms with Crippen LogP contribution < -0.4 is 5.73 Å². The molecule has 0 unspecified atom stereocenters. The van der Waals surface area contributed by atoms with Crippen LogP contribution in [0.15, 0.2) is 22.7 Å². The summed E-state index contributed by atoms with van der Waals surface area (Å²) in [5.74, 6) is 0.153. The molecule has 0 aliphatic rings. The number of nitrogens with two attached hydrogens (primary N) is 1. The third kappa shape index (κ3) is 1.61. The zero-order valence-electron chi connectivity index (χ0n) is 8.96. The first-order chi connectivity index (χ1) is 7.52. The molecule has 1 aromatic carbocycles. The van der Waals surface area contributed by atoms with Gasteiger partial charge in [0.1, 0.15) is 11.6 Å². The van der Waals surface area contributed by atoms with Gasteiger partial charge >= 0.3 is 0 Å². The van der Waals surface area contributed by atoms with Crippen LogP contribution >= 0.6 is 15.9 Å². The second-order valence-electron chi connectivity index (χ2n) is 3.57. The van der Waals surface area contributed by atoms with Crippen molar-refractivity contribution in [1.82, 2.24) is 9.78 Å². The summed E-state index contributed by atoms with van der Waals surface area (Å²) in [7, 11) is 1.74. The number of anilines is 1. The first-order valence-electron chi connectivity index (χ1n) is 4.76. The second kappa shape index (κ2) is 3.90. The van der Waals surface area contributed by atoms with Gasteiger partial charge in [-0.2, -0.15) is 5.10 Å². The number of aromatic nitrogens is 2. The molecule has 0 saturated carbocycles. The fourth-order valence-electron chi connectivity index (χ4n) is 1.72. The van der Waals surface area contributed by atoms with Gasteiger partial charge in [-0.25, -0.2) is 4.39 Å². The van der Waals surface area contributed by atoms with Crippen molar-refractivity contribution in [1.29, 1.82) is 0 Å². The van der Waals surface area contributed by atoms with Gasteiger partial charge in [-0.1, -0.05) is 22.0 Å². The number of halogens is 2. The Morgan fingerprint density at radius 3 is 2.56 bits per heavy atom. The van der Waals surface area contributed by atoms with E-state index in [4.69, 9.17) is 5.73 Å². The maximum absolute atomic E-state index is 13.8. The number of rotatable bonds is 1. The largest absolute Gasteiger partial charge is 0.383 e. The standard InChI is InChI=1S/C11H11BrFN3/c1-6-9(11(14)16(2)15-6)10-7(12)4-3-5-8(10)13/h3-5H,14H2,1-2H3. The molecule has 1 heterocycles. The van der Waals surface area contributed by atoms with Gasteiger partial charge in [0.25, 0.3) is 0 Å². The molecule has 0 radical (unpaired) electrons. The Morgan fingerprint density at radius 2 is 2.06 bits per heavy atom. The third-order valence-electron chi connectivity index (χ3n) is 2.48. The molecule has 3 nitrogen and oxygen atoms in total. The summed E-state index contributed by atoms with van der Waals surface area (Å²) in [5.41, 5.74) is 7.71. The highest BCUT2D eigenvalue weighted by atomic mass is 79.9. The van der Waals surface area contributed by atoms with Crippen LogP contribution in [0.1, 0.15) is 5.69 Å². The fraction of sp³-hybridized carbons (Fsp3) is 0.182. The van der Waals surface area contributed by atoms with E-state index in [0.29, 0.717) is 27.1 Å². The van der Waals surface area contributed by atoms with Gasteiger partial charge in [-0.05, 0) is 19.1 Å². The van der Waals surface area contributed by atoms with E-state index in [0.717, 1.165) is 0 Å². The molecule has 2 aromatic rings. The Bertz CT molecular complexity index is 528. The van der Waals surface area contributed by atoms with Crippen LogP contribution in [0.3, 0.4) is 0 Å². The lowest BCUT2D eigenvalue weighted by Gasteiger charge is -2.06. The first-order valence-corrected chi connectivity index (χ1v) is 5.55. The summed E-state index contributed by atoms with van der Waals surface area (Å²) in [4.78, 5) is 0. The van der Waals surface area contributed by atoms with E-state index in [9.17, 15) is 4.39 Å². The molecular weight excluding hydrogens is 273 g/mol. The normalized spacial score (nSPS) is 10.8. The van der Waals surface area contributed by atoms with Crippen LogP contribution in [0.25, 0.3) is 11.1 Å². The van der Waals surface area contributed by atoms with Gasteiger partial charge in [0, 0.05) is 17.1 Å². The van der Waals surface area contributed by atoms with Gasteiger partial charge in [-0.3, -0.25) is 4.68 Å². The maximum atomic E-state index is 13.8. The predicted octanol–water partition coefficient (Wildman–Crippen LogP) is 2.88. The highest BCUT2D eigenvalue weighted by Gasteiger charge is 2.18. The van der Waals surface area contributed by atoms with Crippen molar-refractivity contribution in [2.45, 2.75) is 6.92 Å². The van der Waals surface area contributed by atoms with Crippen molar-refractivity contribution >= 4 is 21.7 Å². The number of hydrogen-bond donors (Lipinski definition) is 1. The van der Waals surface area contributed by atoms with E-state index >= 15 is 0 Å². The van der Waals surface area contributed by atoms with Gasteiger partial charge in [0.2, 0.25) is 0 Å². The lowest BCUT2D eigenvalue weighted by Crippen LogP contribution is -1.98. The monoisotopic (exact) mass is 283 g/mol. The van der Waals surface area contributed by atoms with Gasteiger partial charge in [-0.15, -0.1) is 0 Å². The molecule has 84 valence electrons. The second-order valence-corrected chi connectivity index (χ2v) is 4.42. The number of nitrogen functional groups attached to an aromatic ring is 1. The van der Waals surface area contributed by atoms with Crippen molar-refractivity contribution in [3.05, 3.63) is 34.2 Å². The van der Waals surface area contributed by atoms with Crippen molar-refractivity contribution in [2.75, 3.05) is 5.73 Å². The van der Waals surface area contributed by atoms with Crippen molar-refractivity contribution in [2.24, 2.45) is 7.05 Å². The van der Waals surface area contributed by atoms with E-state index in [2.05, 4.69) is 21.0 Å². The zero-order chi connectivity index (χ0) is 11.9. The average molecular weight is 284 g/mol. The van der Waals surface area contributed by atoms with Crippen LogP contribution in [0.4, 0.5) is 10.2 Å². The molecule has 0 aliphatic carbocycles. The molecule has 0 aliphatic heterocycles. The highest BCUT2D eigenvalue weighted by molar-refractivity contribution is 9.10. The Morgan fingerprint density at radius 1 is 1.38 bits per heavy atom. The lowest BCUT2D eigenvalue weighted by atomic mass is 10.1. The zero-order valence-corrected chi connectivity index (χ0v) is 10.5. The molecule has 0 bridgehead atoms. The average Bonchev–Trinajstić information content (AvgIpc) is 2.44. The van der Waals surface area contributed by atoms with Gasteiger partial charge in [0.15, 0.2) is 0 Å². The van der Waals surface area contributed by atoms with Crippen molar-refractivity contribution < 1.29 is 4.39 Å². The molecule has 1 aromatic heterocycles. The smallest absolute Gasteiger partial charge is 0.132 e. The van der Waals surface area contributed by atoms with Crippen LogP contribution in [-0.2, 0) is 7.05 Å². The number of nitrogens with zero attached hydrogens (tertiary/aromatic N) is 2. The molecule has 2 rings (SSSR count). The minimum Gasteiger partial charge on any atom is -0.383 e. The summed E-state index contributed by atoms with van der Waals surface area (Å²) in [6.07, 6.45) is 0. The number of benzene rings is 1. The summed E-state index contributed by atoms with van der Waals surface area (Å²) in [6, 6.07) is 4.83. The van der Waals surface area contributed by atoms with E-state index < -0.39 is 0 Å². The summed E-state index contributed by atoms with van der Waals surface area (Å²) < 4.78 is 16.0. The molecule has 2 N–H and O–H groups in total. The van der Waals surface area contributed by atoms with Crippen LogP contribution in [0.5, 0.6) is 0 Å². The van der Waals surface area contributed by atoms with E-state index in [-0.39, 0.29) is 5.82 Å². The molecular formula is C11H11BrFN3. The van der Waals surface area contributed by atoms with Crippen molar-refractivity contribution in [3.8, 4) is 11.1 Å². The van der Waals surface area contributed by atoms with Crippen molar-refractivity contribution in [3.63, 3.8) is 0 Å². The quantitative estimate of drug-likeness (QED) is 0.875. The van der Waals surface area contributed by atoms with Crippen LogP contribution in [-0.4, -0.2) is 9.78 Å². The summed E-state index contributed by atoms with van der Waals surface area (Å²) >= 11 is 3.33. The molecule has 0 fully saturated rings. The Kier molecular flexibility index (Phi) is 2.71. The van der Waals surface area contributed by atoms with Gasteiger partial charge in [0.05, 0.1) is 11.3 Å². The number of hydrogen-bond acceptors (Lipinski definition) is 2. The summed E-state index contributed by atoms with van der Waals surface area (Å²) in [6.45, 7) is 1.81. The number of aryl methyl sites for hydroxylation is 2. The molecule has 5 heteroatoms. The lowest BCUT2D eigenvalue weighted by molar-refractivity contribution is 0.630. The maximum Gasteiger partial charge on any atom is 0.132 e. The third-order valence-corrected chi connectivity index (χ3v) is 3.14. The van der Waals surface area contributed by atoms with Crippen LogP contribution in [0.2, 0.25) is 0 Å². The molecule has 0 spiro atoms. The predicted molar refractivity (Wildman–Crippen MR) is 65.5 cm³/mol. The van der Waals surface area contributed by atoms with Gasteiger partial charge < -0.3 is 5.73 Å². The van der Waals surface area contributed by atoms with Crippen LogP contribution in [0, 0.1) is 12.7 Å². The SMILES string of the molecule is Cc1nn(C)c(N)c1-c1c(F)cccc1Br. The van der Waals surface area contributed by atoms with E-state index in [1.54, 1.807) is 23.9 Å². The Balaban J connectivity index is 2.77. The van der Waals surface area contributed by atoms with E-state index in [1.807, 2.05) is 6.92 Å². The molecule has 0 amide bonds. The Labute approximate surface area is 101 Å². The highest BCUT2D eigenvalue weighted by Crippen LogP contribution is 2.36. The Hall–Kier alpha value is -1.36. The summed E-state index contributed by atoms with van der Waals surface area (Å²) in [5, 5.41) is 4.17. The molecule has 16 heavy (non-hydrogen) atoms. The fourth-order valence-corrected chi connectivity index (χ4v) is 2.26. The van der Waals surface area contributed by atoms with E-state index in [1.165, 1.54) is 6.07 Å². The molecule has 0 saturated heterocycles. The first kappa shape index (κ1) is 11.1. The topological polar surface area (TPSA) is 43.8 Å². The minimum atomic E-state index is -0.308. The molecule has 0 atom stereocenters. The minimum absolute atomic E-state index is 0.308.